The van der Waals surface area contributed by atoms with Crippen LogP contribution in [0, 0.1) is 0 Å². The number of benzene rings is 2. The number of amides is 1. The largest absolute Gasteiger partial charge is 0.494 e. The summed E-state index contributed by atoms with van der Waals surface area (Å²) in [4.78, 5) is 17.3. The Morgan fingerprint density at radius 2 is 1.93 bits per heavy atom. The van der Waals surface area contributed by atoms with Crippen LogP contribution in [0.3, 0.4) is 0 Å². The molecule has 1 aliphatic rings. The summed E-state index contributed by atoms with van der Waals surface area (Å²) < 4.78 is 11.1. The van der Waals surface area contributed by atoms with Gasteiger partial charge in [-0.1, -0.05) is 35.3 Å². The molecule has 3 aromatic rings. The molecule has 8 heteroatoms. The second-order valence-electron chi connectivity index (χ2n) is 5.98. The third-order valence-corrected chi connectivity index (χ3v) is 5.71. The summed E-state index contributed by atoms with van der Waals surface area (Å²) in [6.07, 6.45) is 1.67. The van der Waals surface area contributed by atoms with E-state index in [1.807, 2.05) is 36.4 Å². The molecule has 1 N–H and O–H groups in total. The van der Waals surface area contributed by atoms with Crippen molar-refractivity contribution < 1.29 is 13.9 Å². The zero-order valence-corrected chi connectivity index (χ0v) is 17.4. The van der Waals surface area contributed by atoms with Gasteiger partial charge in [0, 0.05) is 11.6 Å². The predicted octanol–water partition coefficient (Wildman–Crippen LogP) is 6.15. The van der Waals surface area contributed by atoms with E-state index in [2.05, 4.69) is 10.3 Å². The number of rotatable bonds is 4. The van der Waals surface area contributed by atoms with Crippen molar-refractivity contribution in [2.45, 2.75) is 0 Å². The Morgan fingerprint density at radius 1 is 1.10 bits per heavy atom. The minimum atomic E-state index is -0.240. The lowest BCUT2D eigenvalue weighted by molar-refractivity contribution is -0.115. The Bertz CT molecular complexity index is 1150. The maximum Gasteiger partial charge on any atom is 0.264 e. The number of aliphatic imine (C=N–C) groups is 1. The number of furan rings is 1. The average molecular weight is 445 g/mol. The SMILES string of the molecule is COc1ccccc1N=C1NC(=O)C(=Cc2ccc(-c3ccc(Cl)c(Cl)c3)o2)S1. The van der Waals surface area contributed by atoms with Crippen molar-refractivity contribution in [3.8, 4) is 17.1 Å². The third-order valence-electron chi connectivity index (χ3n) is 4.06. The van der Waals surface area contributed by atoms with Crippen LogP contribution in [-0.2, 0) is 4.79 Å². The first-order valence-electron chi connectivity index (χ1n) is 8.51. The number of thioether (sulfide) groups is 1. The number of amidine groups is 1. The molecule has 0 aliphatic carbocycles. The van der Waals surface area contributed by atoms with Crippen molar-refractivity contribution in [2.24, 2.45) is 4.99 Å². The molecule has 0 atom stereocenters. The van der Waals surface area contributed by atoms with E-state index >= 15 is 0 Å². The first-order valence-corrected chi connectivity index (χ1v) is 10.1. The van der Waals surface area contributed by atoms with Crippen molar-refractivity contribution in [1.29, 1.82) is 0 Å². The van der Waals surface area contributed by atoms with Gasteiger partial charge in [0.05, 0.1) is 22.1 Å². The summed E-state index contributed by atoms with van der Waals surface area (Å²) >= 11 is 13.3. The van der Waals surface area contributed by atoms with E-state index in [0.29, 0.717) is 43.1 Å². The molecule has 5 nitrogen and oxygen atoms in total. The highest BCUT2D eigenvalue weighted by Crippen LogP contribution is 2.33. The van der Waals surface area contributed by atoms with Crippen LogP contribution < -0.4 is 10.1 Å². The number of nitrogens with one attached hydrogen (secondary N) is 1. The zero-order valence-electron chi connectivity index (χ0n) is 15.1. The van der Waals surface area contributed by atoms with Gasteiger partial charge in [-0.2, -0.15) is 0 Å². The number of ether oxygens (including phenoxy) is 1. The lowest BCUT2D eigenvalue weighted by Gasteiger charge is -2.03. The van der Waals surface area contributed by atoms with Crippen molar-refractivity contribution in [3.63, 3.8) is 0 Å². The highest BCUT2D eigenvalue weighted by Gasteiger charge is 2.24. The quantitative estimate of drug-likeness (QED) is 0.489. The minimum Gasteiger partial charge on any atom is -0.494 e. The van der Waals surface area contributed by atoms with Gasteiger partial charge in [0.1, 0.15) is 23.0 Å². The Morgan fingerprint density at radius 3 is 2.72 bits per heavy atom. The van der Waals surface area contributed by atoms with Crippen molar-refractivity contribution in [2.75, 3.05) is 7.11 Å². The van der Waals surface area contributed by atoms with E-state index in [4.69, 9.17) is 32.4 Å². The Hall–Kier alpha value is -2.67. The normalized spacial score (nSPS) is 16.4. The van der Waals surface area contributed by atoms with Crippen LogP contribution in [0.15, 0.2) is 68.9 Å². The van der Waals surface area contributed by atoms with Crippen LogP contribution in [0.4, 0.5) is 5.69 Å². The van der Waals surface area contributed by atoms with E-state index in [0.717, 1.165) is 5.56 Å². The lowest BCUT2D eigenvalue weighted by Crippen LogP contribution is -2.19. The maximum atomic E-state index is 12.3. The monoisotopic (exact) mass is 444 g/mol. The van der Waals surface area contributed by atoms with Gasteiger partial charge in [0.15, 0.2) is 5.17 Å². The van der Waals surface area contributed by atoms with Crippen molar-refractivity contribution >= 4 is 57.8 Å². The number of methoxy groups -OCH3 is 1. The van der Waals surface area contributed by atoms with Gasteiger partial charge in [-0.15, -0.1) is 0 Å². The van der Waals surface area contributed by atoms with E-state index in [1.54, 1.807) is 31.4 Å². The third kappa shape index (κ3) is 4.34. The summed E-state index contributed by atoms with van der Waals surface area (Å²) in [6.45, 7) is 0. The minimum absolute atomic E-state index is 0.240. The summed E-state index contributed by atoms with van der Waals surface area (Å²) in [5, 5.41) is 4.15. The van der Waals surface area contributed by atoms with Crippen LogP contribution in [0.5, 0.6) is 5.75 Å². The topological polar surface area (TPSA) is 63.8 Å². The summed E-state index contributed by atoms with van der Waals surface area (Å²) in [5.41, 5.74) is 1.44. The van der Waals surface area contributed by atoms with Gasteiger partial charge >= 0.3 is 0 Å². The lowest BCUT2D eigenvalue weighted by atomic mass is 10.2. The number of halogens is 2. The highest BCUT2D eigenvalue weighted by atomic mass is 35.5. The molecule has 0 bridgehead atoms. The molecule has 0 spiro atoms. The fourth-order valence-corrected chi connectivity index (χ4v) is 3.79. The number of para-hydroxylation sites is 2. The molecule has 0 radical (unpaired) electrons. The second-order valence-corrected chi connectivity index (χ2v) is 7.83. The zero-order chi connectivity index (χ0) is 20.4. The van der Waals surface area contributed by atoms with Gasteiger partial charge in [0.2, 0.25) is 0 Å². The van der Waals surface area contributed by atoms with E-state index in [9.17, 15) is 4.79 Å². The number of carbonyl (C=O) groups excluding carboxylic acids is 1. The van der Waals surface area contributed by atoms with Gasteiger partial charge in [0.25, 0.3) is 5.91 Å². The molecule has 1 amide bonds. The van der Waals surface area contributed by atoms with E-state index in [-0.39, 0.29) is 5.91 Å². The molecule has 1 fully saturated rings. The van der Waals surface area contributed by atoms with Crippen LogP contribution in [-0.4, -0.2) is 18.2 Å². The molecular formula is C21H14Cl2N2O3S. The summed E-state index contributed by atoms with van der Waals surface area (Å²) in [5.74, 6) is 1.56. The Balaban J connectivity index is 1.56. The van der Waals surface area contributed by atoms with Gasteiger partial charge in [-0.3, -0.25) is 4.79 Å². The highest BCUT2D eigenvalue weighted by molar-refractivity contribution is 8.18. The fraction of sp³-hybridized carbons (Fsp3) is 0.0476. The van der Waals surface area contributed by atoms with Crippen molar-refractivity contribution in [3.05, 3.63) is 75.3 Å². The van der Waals surface area contributed by atoms with Gasteiger partial charge in [-0.05, 0) is 54.2 Å². The average Bonchev–Trinajstić information content (AvgIpc) is 3.31. The molecule has 1 aromatic heterocycles. The molecule has 29 heavy (non-hydrogen) atoms. The number of hydrogen-bond donors (Lipinski definition) is 1. The van der Waals surface area contributed by atoms with Crippen LogP contribution in [0.2, 0.25) is 10.0 Å². The number of carbonyl (C=O) groups is 1. The first-order chi connectivity index (χ1) is 14.0. The fourth-order valence-electron chi connectivity index (χ4n) is 2.68. The van der Waals surface area contributed by atoms with E-state index < -0.39 is 0 Å². The summed E-state index contributed by atoms with van der Waals surface area (Å²) in [6, 6.07) is 16.2. The van der Waals surface area contributed by atoms with Gasteiger partial charge < -0.3 is 14.5 Å². The first kappa shape index (κ1) is 19.6. The Labute approximate surface area is 181 Å². The van der Waals surface area contributed by atoms with Crippen LogP contribution in [0.1, 0.15) is 5.76 Å². The maximum absolute atomic E-state index is 12.3. The molecular weight excluding hydrogens is 431 g/mol. The molecule has 4 rings (SSSR count). The predicted molar refractivity (Wildman–Crippen MR) is 118 cm³/mol. The summed E-state index contributed by atoms with van der Waals surface area (Å²) in [7, 11) is 1.58. The molecule has 1 saturated heterocycles. The van der Waals surface area contributed by atoms with Crippen LogP contribution in [0.25, 0.3) is 17.4 Å². The van der Waals surface area contributed by atoms with Gasteiger partial charge in [-0.25, -0.2) is 4.99 Å². The number of hydrogen-bond acceptors (Lipinski definition) is 5. The smallest absolute Gasteiger partial charge is 0.264 e. The molecule has 0 saturated carbocycles. The molecule has 2 heterocycles. The molecule has 146 valence electrons. The Kier molecular flexibility index (Phi) is 5.67. The molecule has 1 aliphatic heterocycles. The number of nitrogens with zero attached hydrogens (tertiary/aromatic N) is 1. The molecule has 0 unspecified atom stereocenters. The van der Waals surface area contributed by atoms with Crippen molar-refractivity contribution in [1.82, 2.24) is 5.32 Å². The van der Waals surface area contributed by atoms with Crippen LogP contribution >= 0.6 is 35.0 Å². The standard InChI is InChI=1S/C21H14Cl2N2O3S/c1-27-18-5-3-2-4-16(18)24-21-25-20(26)19(29-21)11-13-7-9-17(28-13)12-6-8-14(22)15(23)10-12/h2-11H,1H3,(H,24,25,26). The van der Waals surface area contributed by atoms with E-state index in [1.165, 1.54) is 11.8 Å². The second kappa shape index (κ2) is 8.37. The molecule has 2 aromatic carbocycles.